The Kier molecular flexibility index (Phi) is 6.85. The van der Waals surface area contributed by atoms with Crippen LogP contribution in [0.3, 0.4) is 0 Å². The van der Waals surface area contributed by atoms with E-state index >= 15 is 0 Å². The normalized spacial score (nSPS) is 19.7. The van der Waals surface area contributed by atoms with E-state index in [2.05, 4.69) is 17.4 Å². The predicted molar refractivity (Wildman–Crippen MR) is 103 cm³/mol. The van der Waals surface area contributed by atoms with E-state index in [9.17, 15) is 4.79 Å². The molecular weight excluding hydrogens is 336 g/mol. The van der Waals surface area contributed by atoms with Crippen LogP contribution in [0.2, 0.25) is 0 Å². The average molecular weight is 361 g/mol. The van der Waals surface area contributed by atoms with Gasteiger partial charge in [0.15, 0.2) is 0 Å². The van der Waals surface area contributed by atoms with E-state index in [1.807, 2.05) is 37.3 Å². The van der Waals surface area contributed by atoms with Crippen LogP contribution in [-0.2, 0) is 4.74 Å². The van der Waals surface area contributed by atoms with E-state index in [0.717, 1.165) is 25.0 Å². The van der Waals surface area contributed by atoms with Crippen molar-refractivity contribution in [1.29, 1.82) is 0 Å². The fourth-order valence-corrected chi connectivity index (χ4v) is 3.27. The van der Waals surface area contributed by atoms with E-state index in [1.54, 1.807) is 6.07 Å². The molecule has 2 aromatic rings. The number of anilines is 1. The summed E-state index contributed by atoms with van der Waals surface area (Å²) in [7, 11) is 0. The zero-order valence-corrected chi connectivity index (χ0v) is 15.2. The molecule has 25 heavy (non-hydrogen) atoms. The number of nitrogen functional groups attached to an aromatic ring is 1. The fourth-order valence-electron chi connectivity index (χ4n) is 3.27. The van der Waals surface area contributed by atoms with Crippen LogP contribution in [0.1, 0.15) is 40.4 Å². The second-order valence-corrected chi connectivity index (χ2v) is 6.39. The van der Waals surface area contributed by atoms with Gasteiger partial charge < -0.3 is 15.8 Å². The largest absolute Gasteiger partial charge is 0.399 e. The minimum atomic E-state index is -0.0721. The maximum absolute atomic E-state index is 12.5. The summed E-state index contributed by atoms with van der Waals surface area (Å²) in [4.78, 5) is 12.5. The Morgan fingerprint density at radius 1 is 1.24 bits per heavy atom. The molecular formula is C20H25ClN2O2. The van der Waals surface area contributed by atoms with E-state index in [0.29, 0.717) is 17.8 Å². The van der Waals surface area contributed by atoms with Crippen molar-refractivity contribution in [2.24, 2.45) is 5.92 Å². The molecule has 4 nitrogen and oxygen atoms in total. The Morgan fingerprint density at radius 3 is 2.76 bits per heavy atom. The quantitative estimate of drug-likeness (QED) is 0.813. The highest BCUT2D eigenvalue weighted by atomic mass is 35.5. The molecule has 5 heteroatoms. The zero-order valence-electron chi connectivity index (χ0n) is 14.4. The summed E-state index contributed by atoms with van der Waals surface area (Å²) in [6.07, 6.45) is 2.12. The van der Waals surface area contributed by atoms with Crippen molar-refractivity contribution < 1.29 is 9.53 Å². The number of ether oxygens (including phenoxy) is 1. The van der Waals surface area contributed by atoms with Gasteiger partial charge >= 0.3 is 0 Å². The van der Waals surface area contributed by atoms with Crippen molar-refractivity contribution >= 4 is 24.0 Å². The second-order valence-electron chi connectivity index (χ2n) is 6.39. The van der Waals surface area contributed by atoms with Crippen molar-refractivity contribution in [3.05, 3.63) is 65.2 Å². The summed E-state index contributed by atoms with van der Waals surface area (Å²) in [5.74, 6) is 0.212. The predicted octanol–water partition coefficient (Wildman–Crippen LogP) is 3.90. The third kappa shape index (κ3) is 4.74. The third-order valence-electron chi connectivity index (χ3n) is 4.60. The van der Waals surface area contributed by atoms with Crippen molar-refractivity contribution in [2.75, 3.05) is 18.9 Å². The highest BCUT2D eigenvalue weighted by Crippen LogP contribution is 2.33. The Labute approximate surface area is 155 Å². The number of amides is 1. The molecule has 2 atom stereocenters. The average Bonchev–Trinajstić information content (AvgIpc) is 2.62. The van der Waals surface area contributed by atoms with Crippen LogP contribution in [-0.4, -0.2) is 19.1 Å². The number of nitrogens with one attached hydrogen (secondary N) is 1. The molecule has 0 radical (unpaired) electrons. The topological polar surface area (TPSA) is 64.4 Å². The molecule has 2 unspecified atom stereocenters. The molecule has 3 N–H and O–H groups in total. The molecule has 134 valence electrons. The lowest BCUT2D eigenvalue weighted by molar-refractivity contribution is -0.0272. The first kappa shape index (κ1) is 19.3. The van der Waals surface area contributed by atoms with Gasteiger partial charge in [0.1, 0.15) is 0 Å². The number of hydrogen-bond acceptors (Lipinski definition) is 3. The molecule has 1 heterocycles. The number of halogens is 1. The molecule has 1 aliphatic heterocycles. The van der Waals surface area contributed by atoms with Gasteiger partial charge in [0.05, 0.1) is 6.10 Å². The van der Waals surface area contributed by atoms with Gasteiger partial charge in [0.2, 0.25) is 0 Å². The standard InChI is InChI=1S/C20H24N2O2.ClH/c1-14-9-10-17(21)12-18(14)20(23)22-13-16-8-5-11-24-19(16)15-6-3-2-4-7-15;/h2-4,6-7,9-10,12,16,19H,5,8,11,13,21H2,1H3,(H,22,23);1H. The zero-order chi connectivity index (χ0) is 16.9. The van der Waals surface area contributed by atoms with Crippen molar-refractivity contribution in [3.8, 4) is 0 Å². The summed E-state index contributed by atoms with van der Waals surface area (Å²) in [6, 6.07) is 15.7. The Bertz CT molecular complexity index is 706. The monoisotopic (exact) mass is 360 g/mol. The molecule has 0 aliphatic carbocycles. The molecule has 1 amide bonds. The van der Waals surface area contributed by atoms with Crippen LogP contribution >= 0.6 is 12.4 Å². The first-order valence-corrected chi connectivity index (χ1v) is 8.46. The number of rotatable bonds is 4. The summed E-state index contributed by atoms with van der Waals surface area (Å²) in [5, 5.41) is 3.06. The smallest absolute Gasteiger partial charge is 0.251 e. The Morgan fingerprint density at radius 2 is 2.00 bits per heavy atom. The minimum Gasteiger partial charge on any atom is -0.399 e. The lowest BCUT2D eigenvalue weighted by atomic mass is 9.89. The SMILES string of the molecule is Cc1ccc(N)cc1C(=O)NCC1CCCOC1c1ccccc1.Cl. The summed E-state index contributed by atoms with van der Waals surface area (Å²) < 4.78 is 5.99. The lowest BCUT2D eigenvalue weighted by Crippen LogP contribution is -2.35. The van der Waals surface area contributed by atoms with Crippen LogP contribution in [0.5, 0.6) is 0 Å². The summed E-state index contributed by atoms with van der Waals surface area (Å²) >= 11 is 0. The molecule has 1 aliphatic rings. The van der Waals surface area contributed by atoms with Crippen molar-refractivity contribution in [2.45, 2.75) is 25.9 Å². The minimum absolute atomic E-state index is 0. The Hall–Kier alpha value is -2.04. The molecule has 0 spiro atoms. The molecule has 2 aromatic carbocycles. The molecule has 0 saturated carbocycles. The first-order valence-electron chi connectivity index (χ1n) is 8.46. The number of aryl methyl sites for hydroxylation is 1. The second kappa shape index (κ2) is 8.88. The van der Waals surface area contributed by atoms with Gasteiger partial charge in [0.25, 0.3) is 5.91 Å². The number of carbonyl (C=O) groups excluding carboxylic acids is 1. The first-order chi connectivity index (χ1) is 11.6. The van der Waals surface area contributed by atoms with Gasteiger partial charge in [0, 0.05) is 30.3 Å². The molecule has 0 aromatic heterocycles. The van der Waals surface area contributed by atoms with Crippen LogP contribution in [0, 0.1) is 12.8 Å². The lowest BCUT2D eigenvalue weighted by Gasteiger charge is -2.32. The molecule has 3 rings (SSSR count). The molecule has 1 fully saturated rings. The van der Waals surface area contributed by atoms with E-state index in [1.165, 1.54) is 5.56 Å². The fraction of sp³-hybridized carbons (Fsp3) is 0.350. The van der Waals surface area contributed by atoms with Gasteiger partial charge in [-0.05, 0) is 43.0 Å². The molecule has 1 saturated heterocycles. The number of carbonyl (C=O) groups is 1. The van der Waals surface area contributed by atoms with Gasteiger partial charge in [-0.3, -0.25) is 4.79 Å². The Balaban J connectivity index is 0.00000225. The van der Waals surface area contributed by atoms with Gasteiger partial charge in [-0.2, -0.15) is 0 Å². The highest BCUT2D eigenvalue weighted by Gasteiger charge is 2.27. The maximum Gasteiger partial charge on any atom is 0.251 e. The van der Waals surface area contributed by atoms with Gasteiger partial charge in [-0.15, -0.1) is 12.4 Å². The molecule has 0 bridgehead atoms. The van der Waals surface area contributed by atoms with Crippen molar-refractivity contribution in [1.82, 2.24) is 5.32 Å². The summed E-state index contributed by atoms with van der Waals surface area (Å²) in [5.41, 5.74) is 9.16. The van der Waals surface area contributed by atoms with Crippen LogP contribution < -0.4 is 11.1 Å². The number of hydrogen-bond donors (Lipinski definition) is 2. The van der Waals surface area contributed by atoms with E-state index in [-0.39, 0.29) is 30.3 Å². The van der Waals surface area contributed by atoms with Crippen LogP contribution in [0.4, 0.5) is 5.69 Å². The highest BCUT2D eigenvalue weighted by molar-refractivity contribution is 5.96. The maximum atomic E-state index is 12.5. The van der Waals surface area contributed by atoms with Crippen LogP contribution in [0.15, 0.2) is 48.5 Å². The number of benzene rings is 2. The van der Waals surface area contributed by atoms with E-state index < -0.39 is 0 Å². The van der Waals surface area contributed by atoms with Crippen molar-refractivity contribution in [3.63, 3.8) is 0 Å². The van der Waals surface area contributed by atoms with Crippen LogP contribution in [0.25, 0.3) is 0 Å². The van der Waals surface area contributed by atoms with Gasteiger partial charge in [-0.1, -0.05) is 36.4 Å². The third-order valence-corrected chi connectivity index (χ3v) is 4.60. The van der Waals surface area contributed by atoms with Gasteiger partial charge in [-0.25, -0.2) is 0 Å². The number of nitrogens with two attached hydrogens (primary N) is 1. The summed E-state index contributed by atoms with van der Waals surface area (Å²) in [6.45, 7) is 3.30. The van der Waals surface area contributed by atoms with E-state index in [4.69, 9.17) is 10.5 Å².